The summed E-state index contributed by atoms with van der Waals surface area (Å²) in [7, 11) is 4.13. The number of hydrogen-bond acceptors (Lipinski definition) is 8. The van der Waals surface area contributed by atoms with Crippen molar-refractivity contribution in [3.8, 4) is 0 Å². The molecule has 0 spiro atoms. The number of aromatic nitrogens is 2. The van der Waals surface area contributed by atoms with Crippen molar-refractivity contribution < 1.29 is 14.4 Å². The molecule has 1 amide bonds. The van der Waals surface area contributed by atoms with Crippen LogP contribution in [0.2, 0.25) is 0 Å². The van der Waals surface area contributed by atoms with Crippen molar-refractivity contribution in [2.75, 3.05) is 44.0 Å². The highest BCUT2D eigenvalue weighted by atomic mass is 16.8. The molecule has 0 radical (unpaired) electrons. The smallest absolute Gasteiger partial charge is 0.267 e. The summed E-state index contributed by atoms with van der Waals surface area (Å²) in [6.07, 6.45) is 9.87. The van der Waals surface area contributed by atoms with E-state index in [1.165, 1.54) is 17.3 Å². The first kappa shape index (κ1) is 24.1. The summed E-state index contributed by atoms with van der Waals surface area (Å²) in [5.74, 6) is 0.376. The van der Waals surface area contributed by atoms with Gasteiger partial charge in [0.15, 0.2) is 6.29 Å². The van der Waals surface area contributed by atoms with Crippen LogP contribution < -0.4 is 15.7 Å². The zero-order valence-corrected chi connectivity index (χ0v) is 19.9. The molecule has 1 aromatic heterocycles. The Morgan fingerprint density at radius 2 is 2.18 bits per heavy atom. The van der Waals surface area contributed by atoms with Gasteiger partial charge in [-0.05, 0) is 43.0 Å². The van der Waals surface area contributed by atoms with Gasteiger partial charge in [0.25, 0.3) is 5.91 Å². The maximum Gasteiger partial charge on any atom is 0.267 e. The number of hydrogen-bond donors (Lipinski definition) is 2. The van der Waals surface area contributed by atoms with Crippen LogP contribution in [0.15, 0.2) is 42.7 Å². The molecular weight excluding hydrogens is 432 g/mol. The Balaban J connectivity index is 1.20. The zero-order valence-electron chi connectivity index (χ0n) is 19.9. The first-order chi connectivity index (χ1) is 16.5. The summed E-state index contributed by atoms with van der Waals surface area (Å²) in [6, 6.07) is 9.00. The second-order valence-electron chi connectivity index (χ2n) is 8.97. The SMILES string of the molecule is CN(C)c1cccc(CN2CC[C@@H](Nc3cnc(C=CC(=O)NOC4CCCCO4)cn3)C2)c1. The summed E-state index contributed by atoms with van der Waals surface area (Å²) in [4.78, 5) is 30.6. The van der Waals surface area contributed by atoms with E-state index in [1.807, 2.05) is 0 Å². The molecule has 2 N–H and O–H groups in total. The number of nitrogens with zero attached hydrogens (tertiary/aromatic N) is 4. The van der Waals surface area contributed by atoms with E-state index in [1.54, 1.807) is 18.5 Å². The van der Waals surface area contributed by atoms with Crippen molar-refractivity contribution in [1.82, 2.24) is 20.3 Å². The van der Waals surface area contributed by atoms with Crippen LogP contribution in [0, 0.1) is 0 Å². The van der Waals surface area contributed by atoms with Gasteiger partial charge in [-0.2, -0.15) is 0 Å². The first-order valence-corrected chi connectivity index (χ1v) is 11.9. The van der Waals surface area contributed by atoms with Gasteiger partial charge in [0.1, 0.15) is 5.82 Å². The van der Waals surface area contributed by atoms with Gasteiger partial charge in [-0.15, -0.1) is 0 Å². The van der Waals surface area contributed by atoms with E-state index >= 15 is 0 Å². The van der Waals surface area contributed by atoms with Crippen molar-refractivity contribution in [2.45, 2.75) is 44.6 Å². The first-order valence-electron chi connectivity index (χ1n) is 11.9. The number of rotatable bonds is 9. The number of carbonyl (C=O) groups is 1. The molecular formula is C25H34N6O3. The van der Waals surface area contributed by atoms with Crippen molar-refractivity contribution in [1.29, 1.82) is 0 Å². The molecule has 0 saturated carbocycles. The van der Waals surface area contributed by atoms with E-state index in [4.69, 9.17) is 9.57 Å². The Kier molecular flexibility index (Phi) is 8.46. The average molecular weight is 467 g/mol. The zero-order chi connectivity index (χ0) is 23.8. The lowest BCUT2D eigenvalue weighted by atomic mass is 10.2. The monoisotopic (exact) mass is 466 g/mol. The molecule has 2 aromatic rings. The Bertz CT molecular complexity index is 959. The van der Waals surface area contributed by atoms with Crippen LogP contribution in [0.1, 0.15) is 36.9 Å². The minimum Gasteiger partial charge on any atom is -0.378 e. The summed E-state index contributed by atoms with van der Waals surface area (Å²) in [6.45, 7) is 3.60. The number of carbonyl (C=O) groups excluding carboxylic acids is 1. The van der Waals surface area contributed by atoms with Crippen molar-refractivity contribution in [3.63, 3.8) is 0 Å². The van der Waals surface area contributed by atoms with E-state index in [0.717, 1.165) is 51.1 Å². The Morgan fingerprint density at radius 3 is 2.94 bits per heavy atom. The van der Waals surface area contributed by atoms with Gasteiger partial charge < -0.3 is 15.0 Å². The summed E-state index contributed by atoms with van der Waals surface area (Å²) >= 11 is 0. The second kappa shape index (κ2) is 11.9. The van der Waals surface area contributed by atoms with Crippen LogP contribution >= 0.6 is 0 Å². The molecule has 2 aliphatic heterocycles. The maximum atomic E-state index is 11.9. The Hall–Kier alpha value is -3.01. The van der Waals surface area contributed by atoms with E-state index in [9.17, 15) is 4.79 Å². The number of nitrogens with one attached hydrogen (secondary N) is 2. The van der Waals surface area contributed by atoms with Crippen molar-refractivity contribution in [2.24, 2.45) is 0 Å². The van der Waals surface area contributed by atoms with Crippen LogP contribution in [-0.4, -0.2) is 66.9 Å². The lowest BCUT2D eigenvalue weighted by molar-refractivity contribution is -0.198. The summed E-state index contributed by atoms with van der Waals surface area (Å²) in [5, 5.41) is 3.47. The fourth-order valence-corrected chi connectivity index (χ4v) is 4.12. The molecule has 9 heteroatoms. The topological polar surface area (TPSA) is 91.9 Å². The molecule has 0 bridgehead atoms. The predicted octanol–water partition coefficient (Wildman–Crippen LogP) is 2.82. The standard InChI is InChI=1S/C25H34N6O3/c1-30(2)22-7-5-6-19(14-22)17-31-12-11-21(18-31)28-23-16-26-20(15-27-23)9-10-24(32)29-34-25-8-3-4-13-33-25/h5-7,9-10,14-16,21,25H,3-4,8,11-13,17-18H2,1-2H3,(H,27,28)(H,29,32)/t21-,25?/m1/s1. The third kappa shape index (κ3) is 7.24. The van der Waals surface area contributed by atoms with Gasteiger partial charge in [-0.3, -0.25) is 14.7 Å². The van der Waals surface area contributed by atoms with Crippen LogP contribution in [0.5, 0.6) is 0 Å². The third-order valence-electron chi connectivity index (χ3n) is 5.96. The minimum absolute atomic E-state index is 0.331. The lowest BCUT2D eigenvalue weighted by Gasteiger charge is -2.21. The number of benzene rings is 1. The second-order valence-corrected chi connectivity index (χ2v) is 8.97. The minimum atomic E-state index is -0.369. The number of likely N-dealkylation sites (tertiary alicyclic amines) is 1. The Labute approximate surface area is 201 Å². The molecule has 2 atom stereocenters. The van der Waals surface area contributed by atoms with Gasteiger partial charge in [0, 0.05) is 64.6 Å². The molecule has 3 heterocycles. The summed E-state index contributed by atoms with van der Waals surface area (Å²) < 4.78 is 5.41. The third-order valence-corrected chi connectivity index (χ3v) is 5.96. The van der Waals surface area contributed by atoms with Crippen molar-refractivity contribution in [3.05, 3.63) is 54.0 Å². The van der Waals surface area contributed by atoms with Gasteiger partial charge >= 0.3 is 0 Å². The molecule has 1 unspecified atom stereocenters. The highest BCUT2D eigenvalue weighted by Gasteiger charge is 2.23. The predicted molar refractivity (Wildman–Crippen MR) is 132 cm³/mol. The van der Waals surface area contributed by atoms with Crippen molar-refractivity contribution >= 4 is 23.5 Å². The number of anilines is 2. The molecule has 4 rings (SSSR count). The molecule has 0 aliphatic carbocycles. The number of hydroxylamine groups is 1. The fourth-order valence-electron chi connectivity index (χ4n) is 4.12. The van der Waals surface area contributed by atoms with Crippen LogP contribution in [0.3, 0.4) is 0 Å². The Morgan fingerprint density at radius 1 is 1.26 bits per heavy atom. The van der Waals surface area contributed by atoms with Crippen LogP contribution in [-0.2, 0) is 20.9 Å². The van der Waals surface area contributed by atoms with Crippen LogP contribution in [0.25, 0.3) is 6.08 Å². The molecule has 2 aliphatic rings. The van der Waals surface area contributed by atoms with E-state index < -0.39 is 0 Å². The molecule has 2 fully saturated rings. The molecule has 2 saturated heterocycles. The highest BCUT2D eigenvalue weighted by Crippen LogP contribution is 2.19. The number of amides is 1. The molecule has 34 heavy (non-hydrogen) atoms. The maximum absolute atomic E-state index is 11.9. The van der Waals surface area contributed by atoms with Gasteiger partial charge in [-0.1, -0.05) is 12.1 Å². The normalized spacial score (nSPS) is 21.0. The van der Waals surface area contributed by atoms with Gasteiger partial charge in [-0.25, -0.2) is 15.3 Å². The lowest BCUT2D eigenvalue weighted by Crippen LogP contribution is -2.32. The fraction of sp³-hybridized carbons (Fsp3) is 0.480. The summed E-state index contributed by atoms with van der Waals surface area (Å²) in [5.41, 5.74) is 5.54. The average Bonchev–Trinajstić information content (AvgIpc) is 3.29. The van der Waals surface area contributed by atoms with E-state index in [2.05, 4.69) is 68.9 Å². The molecule has 182 valence electrons. The van der Waals surface area contributed by atoms with E-state index in [0.29, 0.717) is 18.3 Å². The van der Waals surface area contributed by atoms with Gasteiger partial charge in [0.05, 0.1) is 18.1 Å². The quantitative estimate of drug-likeness (QED) is 0.431. The highest BCUT2D eigenvalue weighted by molar-refractivity contribution is 5.90. The number of ether oxygens (including phenoxy) is 1. The molecule has 1 aromatic carbocycles. The molecule has 9 nitrogen and oxygen atoms in total. The van der Waals surface area contributed by atoms with E-state index in [-0.39, 0.29) is 12.2 Å². The largest absolute Gasteiger partial charge is 0.378 e. The van der Waals surface area contributed by atoms with Crippen LogP contribution in [0.4, 0.5) is 11.5 Å². The van der Waals surface area contributed by atoms with Gasteiger partial charge in [0.2, 0.25) is 0 Å².